The molecule has 1 aromatic carbocycles. The molecule has 6 nitrogen and oxygen atoms in total. The van der Waals surface area contributed by atoms with Gasteiger partial charge in [0, 0.05) is 6.07 Å². The number of rotatable bonds is 5. The second-order valence-corrected chi connectivity index (χ2v) is 4.89. The van der Waals surface area contributed by atoms with E-state index in [0.29, 0.717) is 23.7 Å². The fourth-order valence-electron chi connectivity index (χ4n) is 1.41. The highest BCUT2D eigenvalue weighted by Gasteiger charge is 2.16. The lowest BCUT2D eigenvalue weighted by Gasteiger charge is -2.14. The zero-order valence-corrected chi connectivity index (χ0v) is 15.0. The summed E-state index contributed by atoms with van der Waals surface area (Å²) in [5.74, 6) is 1.53. The van der Waals surface area contributed by atoms with Gasteiger partial charge < -0.3 is 20.5 Å². The van der Waals surface area contributed by atoms with Crippen molar-refractivity contribution >= 4 is 35.6 Å². The highest BCUT2D eigenvalue weighted by Crippen LogP contribution is 2.28. The van der Waals surface area contributed by atoms with Crippen LogP contribution in [-0.4, -0.2) is 26.7 Å². The van der Waals surface area contributed by atoms with Crippen molar-refractivity contribution in [3.8, 4) is 17.6 Å². The van der Waals surface area contributed by atoms with Crippen molar-refractivity contribution in [1.29, 1.82) is 5.26 Å². The maximum atomic E-state index is 8.93. The van der Waals surface area contributed by atoms with Crippen LogP contribution in [0.25, 0.3) is 0 Å². The van der Waals surface area contributed by atoms with Gasteiger partial charge in [-0.25, -0.2) is 0 Å². The number of hydrogen-bond acceptors (Lipinski definition) is 4. The van der Waals surface area contributed by atoms with Crippen molar-refractivity contribution in [1.82, 2.24) is 0 Å². The summed E-state index contributed by atoms with van der Waals surface area (Å²) in [4.78, 5) is 4.16. The molecule has 0 amide bonds. The van der Waals surface area contributed by atoms with Crippen LogP contribution in [-0.2, 0) is 0 Å². The summed E-state index contributed by atoms with van der Waals surface area (Å²) in [5.41, 5.74) is 5.92. The van der Waals surface area contributed by atoms with Gasteiger partial charge in [-0.1, -0.05) is 0 Å². The van der Waals surface area contributed by atoms with Crippen molar-refractivity contribution < 1.29 is 9.47 Å². The van der Waals surface area contributed by atoms with E-state index in [0.717, 1.165) is 0 Å². The zero-order chi connectivity index (χ0) is 15.2. The van der Waals surface area contributed by atoms with E-state index in [9.17, 15) is 0 Å². The Morgan fingerprint density at radius 1 is 1.38 bits per heavy atom. The molecule has 3 N–H and O–H groups in total. The van der Waals surface area contributed by atoms with E-state index in [1.165, 1.54) is 0 Å². The van der Waals surface area contributed by atoms with Crippen LogP contribution in [0.1, 0.15) is 13.8 Å². The Bertz CT molecular complexity index is 538. The Balaban J connectivity index is 0.00000400. The molecule has 0 aliphatic rings. The third-order valence-electron chi connectivity index (χ3n) is 2.62. The minimum atomic E-state index is -0.551. The zero-order valence-electron chi connectivity index (χ0n) is 12.6. The number of nitriles is 1. The van der Waals surface area contributed by atoms with Crippen LogP contribution in [0.3, 0.4) is 0 Å². The number of guanidine groups is 1. The Morgan fingerprint density at radius 3 is 2.57 bits per heavy atom. The second-order valence-electron chi connectivity index (χ2n) is 4.89. The second kappa shape index (κ2) is 8.56. The minimum absolute atomic E-state index is 0. The van der Waals surface area contributed by atoms with Gasteiger partial charge in [-0.3, -0.25) is 4.99 Å². The summed E-state index contributed by atoms with van der Waals surface area (Å²) in [7, 11) is 3.15. The molecule has 0 unspecified atom stereocenters. The molecule has 0 radical (unpaired) electrons. The van der Waals surface area contributed by atoms with Crippen LogP contribution in [0.15, 0.2) is 23.2 Å². The molecule has 0 atom stereocenters. The third kappa shape index (κ3) is 6.08. The van der Waals surface area contributed by atoms with Crippen molar-refractivity contribution in [3.63, 3.8) is 0 Å². The number of halogens is 1. The molecule has 0 aromatic heterocycles. The Hall–Kier alpha value is -1.69. The number of anilines is 1. The monoisotopic (exact) mass is 404 g/mol. The summed E-state index contributed by atoms with van der Waals surface area (Å²) in [5, 5.41) is 11.9. The van der Waals surface area contributed by atoms with E-state index in [2.05, 4.69) is 16.4 Å². The van der Waals surface area contributed by atoms with Gasteiger partial charge in [-0.15, -0.1) is 24.0 Å². The van der Waals surface area contributed by atoms with Gasteiger partial charge in [-0.2, -0.15) is 5.26 Å². The summed E-state index contributed by atoms with van der Waals surface area (Å²) in [6.45, 7) is 3.92. The van der Waals surface area contributed by atoms with E-state index in [4.69, 9.17) is 20.5 Å². The lowest BCUT2D eigenvalue weighted by Crippen LogP contribution is -2.25. The van der Waals surface area contributed by atoms with Gasteiger partial charge in [0.2, 0.25) is 0 Å². The van der Waals surface area contributed by atoms with E-state index >= 15 is 0 Å². The van der Waals surface area contributed by atoms with Gasteiger partial charge >= 0.3 is 0 Å². The molecule has 21 heavy (non-hydrogen) atoms. The predicted molar refractivity (Wildman–Crippen MR) is 94.5 cm³/mol. The molecule has 0 aliphatic carbocycles. The minimum Gasteiger partial charge on any atom is -0.497 e. The average molecular weight is 404 g/mol. The van der Waals surface area contributed by atoms with Crippen LogP contribution in [0, 0.1) is 16.7 Å². The molecule has 0 aliphatic heterocycles. The van der Waals surface area contributed by atoms with Gasteiger partial charge in [0.15, 0.2) is 5.96 Å². The molecule has 0 fully saturated rings. The number of nitrogens with zero attached hydrogens (tertiary/aromatic N) is 2. The molecule has 7 heteroatoms. The van der Waals surface area contributed by atoms with Gasteiger partial charge in [0.1, 0.15) is 11.5 Å². The lowest BCUT2D eigenvalue weighted by atomic mass is 9.96. The quantitative estimate of drug-likeness (QED) is 0.447. The summed E-state index contributed by atoms with van der Waals surface area (Å²) >= 11 is 0. The predicted octanol–water partition coefficient (Wildman–Crippen LogP) is 2.60. The molecule has 116 valence electrons. The smallest absolute Gasteiger partial charge is 0.193 e. The SMILES string of the molecule is COc1ccc(OC)c(NC(N)=NCC(C)(C)C#N)c1.I. The van der Waals surface area contributed by atoms with E-state index < -0.39 is 5.41 Å². The van der Waals surface area contributed by atoms with Crippen molar-refractivity contribution in [2.24, 2.45) is 16.1 Å². The fourth-order valence-corrected chi connectivity index (χ4v) is 1.41. The third-order valence-corrected chi connectivity index (χ3v) is 2.62. The summed E-state index contributed by atoms with van der Waals surface area (Å²) in [6, 6.07) is 7.49. The topological polar surface area (TPSA) is 92.7 Å². The number of benzene rings is 1. The number of nitrogens with two attached hydrogens (primary N) is 1. The van der Waals surface area contributed by atoms with Gasteiger partial charge in [0.05, 0.1) is 37.9 Å². The van der Waals surface area contributed by atoms with Crippen molar-refractivity contribution in [2.45, 2.75) is 13.8 Å². The van der Waals surface area contributed by atoms with Gasteiger partial charge in [0.25, 0.3) is 0 Å². The Kier molecular flexibility index (Phi) is 7.88. The maximum absolute atomic E-state index is 8.93. The fraction of sp³-hybridized carbons (Fsp3) is 0.429. The maximum Gasteiger partial charge on any atom is 0.193 e. The highest BCUT2D eigenvalue weighted by molar-refractivity contribution is 14.0. The molecule has 0 saturated heterocycles. The first-order valence-corrected chi connectivity index (χ1v) is 6.12. The standard InChI is InChI=1S/C14H20N4O2.HI/c1-14(2,8-15)9-17-13(16)18-11-7-10(19-3)5-6-12(11)20-4;/h5-7H,9H2,1-4H3,(H3,16,17,18);1H. The van der Waals surface area contributed by atoms with Crippen LogP contribution in [0.2, 0.25) is 0 Å². The number of ether oxygens (including phenoxy) is 2. The van der Waals surface area contributed by atoms with Crippen LogP contribution in [0.4, 0.5) is 5.69 Å². The Morgan fingerprint density at radius 2 is 2.05 bits per heavy atom. The number of methoxy groups -OCH3 is 2. The molecule has 0 saturated carbocycles. The van der Waals surface area contributed by atoms with Crippen LogP contribution in [0.5, 0.6) is 11.5 Å². The first-order valence-electron chi connectivity index (χ1n) is 6.12. The molecule has 1 aromatic rings. The number of nitrogens with one attached hydrogen (secondary N) is 1. The molecule has 1 rings (SSSR count). The average Bonchev–Trinajstić information content (AvgIpc) is 2.45. The first kappa shape index (κ1) is 19.3. The van der Waals surface area contributed by atoms with Gasteiger partial charge in [-0.05, 0) is 26.0 Å². The summed E-state index contributed by atoms with van der Waals surface area (Å²) in [6.07, 6.45) is 0. The van der Waals surface area contributed by atoms with Crippen molar-refractivity contribution in [2.75, 3.05) is 26.1 Å². The number of hydrogen-bond donors (Lipinski definition) is 2. The van der Waals surface area contributed by atoms with Crippen LogP contribution < -0.4 is 20.5 Å². The lowest BCUT2D eigenvalue weighted by molar-refractivity contribution is 0.405. The largest absolute Gasteiger partial charge is 0.497 e. The van der Waals surface area contributed by atoms with E-state index in [-0.39, 0.29) is 29.9 Å². The highest BCUT2D eigenvalue weighted by atomic mass is 127. The molecule has 0 bridgehead atoms. The van der Waals surface area contributed by atoms with Crippen LogP contribution >= 0.6 is 24.0 Å². The normalized spacial score (nSPS) is 11.1. The van der Waals surface area contributed by atoms with E-state index in [1.54, 1.807) is 46.3 Å². The first-order chi connectivity index (χ1) is 9.41. The number of aliphatic imine (C=N–C) groups is 1. The summed E-state index contributed by atoms with van der Waals surface area (Å²) < 4.78 is 10.4. The molecule has 0 heterocycles. The molecular weight excluding hydrogens is 383 g/mol. The van der Waals surface area contributed by atoms with E-state index in [1.807, 2.05) is 0 Å². The molecule has 0 spiro atoms. The van der Waals surface area contributed by atoms with Crippen molar-refractivity contribution in [3.05, 3.63) is 18.2 Å². The molecular formula is C14H21IN4O2. The Labute approximate surface area is 142 Å².